The molecule has 0 bridgehead atoms. The van der Waals surface area contributed by atoms with Crippen molar-refractivity contribution in [2.45, 2.75) is 6.18 Å². The Hall–Kier alpha value is -2.59. The Morgan fingerprint density at radius 3 is 2.50 bits per heavy atom. The van der Waals surface area contributed by atoms with Gasteiger partial charge in [-0.1, -0.05) is 12.0 Å². The van der Waals surface area contributed by atoms with Gasteiger partial charge in [0.1, 0.15) is 6.33 Å². The molecule has 28 heavy (non-hydrogen) atoms. The summed E-state index contributed by atoms with van der Waals surface area (Å²) in [6.07, 6.45) is 5.79. The zero-order valence-electron chi connectivity index (χ0n) is 14.4. The average molecular weight is 435 g/mol. The van der Waals surface area contributed by atoms with Crippen LogP contribution in [0.4, 0.5) is 18.3 Å². The molecule has 1 amide bonds. The van der Waals surface area contributed by atoms with E-state index >= 15 is 0 Å². The molecular weight excluding hydrogens is 419 g/mol. The Morgan fingerprint density at radius 2 is 1.96 bits per heavy atom. The molecule has 8 nitrogen and oxygen atoms in total. The number of anilines is 1. The number of aromatic nitrogens is 2. The highest BCUT2D eigenvalue weighted by molar-refractivity contribution is 7.93. The van der Waals surface area contributed by atoms with Crippen LogP contribution in [0.2, 0.25) is 0 Å². The summed E-state index contributed by atoms with van der Waals surface area (Å²) >= 11 is 0.891. The molecule has 1 aromatic heterocycles. The second-order valence-electron chi connectivity index (χ2n) is 5.55. The summed E-state index contributed by atoms with van der Waals surface area (Å²) in [7, 11) is -3.69. The zero-order chi connectivity index (χ0) is 20.8. The molecule has 152 valence electrons. The van der Waals surface area contributed by atoms with E-state index in [0.29, 0.717) is 5.70 Å². The largest absolute Gasteiger partial charge is 0.471 e. The number of hydrogen-bond donors (Lipinski definition) is 1. The highest BCUT2D eigenvalue weighted by Gasteiger charge is 2.43. The Morgan fingerprint density at radius 1 is 1.32 bits per heavy atom. The van der Waals surface area contributed by atoms with E-state index in [4.69, 9.17) is 6.42 Å². The number of halogens is 3. The first-order chi connectivity index (χ1) is 13.1. The van der Waals surface area contributed by atoms with Gasteiger partial charge in [0, 0.05) is 49.5 Å². The minimum atomic E-state index is -4.91. The van der Waals surface area contributed by atoms with E-state index in [1.165, 1.54) is 24.6 Å². The Bertz CT molecular complexity index is 881. The van der Waals surface area contributed by atoms with E-state index in [2.05, 4.69) is 20.0 Å². The van der Waals surface area contributed by atoms with Crippen molar-refractivity contribution in [3.63, 3.8) is 0 Å². The van der Waals surface area contributed by atoms with Crippen LogP contribution in [0.3, 0.4) is 0 Å². The lowest BCUT2D eigenvalue weighted by Gasteiger charge is -2.36. The quantitative estimate of drug-likeness (QED) is 0.530. The fraction of sp³-hybridized carbons (Fsp3) is 0.400. The van der Waals surface area contributed by atoms with Gasteiger partial charge < -0.3 is 9.80 Å². The summed E-state index contributed by atoms with van der Waals surface area (Å²) in [5.74, 6) is 0.0742. The molecule has 0 unspecified atom stereocenters. The number of rotatable bonds is 6. The molecule has 2 rings (SSSR count). The number of carbonyl (C=O) groups excluding carboxylic acids is 1. The third-order valence-electron chi connectivity index (χ3n) is 3.61. The molecule has 1 saturated heterocycles. The van der Waals surface area contributed by atoms with Crippen molar-refractivity contribution >= 4 is 32.6 Å². The molecule has 0 spiro atoms. The molecule has 0 radical (unpaired) electrons. The first-order valence-electron chi connectivity index (χ1n) is 7.83. The number of nitrogens with one attached hydrogen (secondary N) is 1. The molecule has 0 aromatic carbocycles. The highest BCUT2D eigenvalue weighted by Crippen LogP contribution is 2.20. The second-order valence-corrected chi connectivity index (χ2v) is 8.09. The average Bonchev–Trinajstić information content (AvgIpc) is 3.12. The first-order valence-corrected chi connectivity index (χ1v) is 10.3. The number of piperazine rings is 1. The van der Waals surface area contributed by atoms with Crippen molar-refractivity contribution in [2.75, 3.05) is 36.7 Å². The minimum absolute atomic E-state index is 0.120. The van der Waals surface area contributed by atoms with Gasteiger partial charge >= 0.3 is 12.1 Å². The summed E-state index contributed by atoms with van der Waals surface area (Å²) in [6, 6.07) is 0. The Kier molecular flexibility index (Phi) is 7.03. The molecule has 1 aromatic rings. The standard InChI is InChI=1S/C15H16F3N5O3S2/c1-2-4-12(5-3-10-28(25,26)21-14-19-11-20-27-14)22-6-8-23(9-7-22)13(24)15(16,17)18/h1,3-5,11H,6-10H2,(H,19,20,21)/b5-3-,12-4+. The third-order valence-corrected chi connectivity index (χ3v) is 5.46. The number of sulfonamides is 1. The summed E-state index contributed by atoms with van der Waals surface area (Å²) in [5, 5.41) is 0.137. The van der Waals surface area contributed by atoms with Crippen molar-refractivity contribution in [1.29, 1.82) is 0 Å². The van der Waals surface area contributed by atoms with Crippen molar-refractivity contribution < 1.29 is 26.4 Å². The van der Waals surface area contributed by atoms with E-state index in [-0.39, 0.29) is 37.1 Å². The van der Waals surface area contributed by atoms with Crippen LogP contribution in [0.25, 0.3) is 0 Å². The van der Waals surface area contributed by atoms with Gasteiger partial charge in [0.2, 0.25) is 15.2 Å². The smallest absolute Gasteiger partial charge is 0.367 e. The fourth-order valence-electron chi connectivity index (χ4n) is 2.37. The number of terminal acetylenes is 1. The van der Waals surface area contributed by atoms with E-state index in [1.54, 1.807) is 4.90 Å². The minimum Gasteiger partial charge on any atom is -0.367 e. The number of allylic oxidation sites excluding steroid dienone is 2. The zero-order valence-corrected chi connectivity index (χ0v) is 16.0. The number of hydrogen-bond acceptors (Lipinski definition) is 7. The predicted molar refractivity (Wildman–Crippen MR) is 97.6 cm³/mol. The molecule has 13 heteroatoms. The van der Waals surface area contributed by atoms with E-state index in [1.807, 2.05) is 0 Å². The molecule has 2 heterocycles. The second kappa shape index (κ2) is 9.07. The summed E-state index contributed by atoms with van der Waals surface area (Å²) in [5.41, 5.74) is 0.465. The van der Waals surface area contributed by atoms with Crippen molar-refractivity contribution in [3.8, 4) is 12.3 Å². The van der Waals surface area contributed by atoms with Crippen molar-refractivity contribution in [1.82, 2.24) is 19.2 Å². The molecule has 1 fully saturated rings. The Labute approximate surface area is 163 Å². The number of carbonyl (C=O) groups is 1. The topological polar surface area (TPSA) is 95.5 Å². The van der Waals surface area contributed by atoms with Crippen LogP contribution in [-0.4, -0.2) is 71.6 Å². The SMILES string of the molecule is C#C/C=C(\C=C/CS(=O)(=O)Nc1ncns1)N1CCN(C(=O)C(F)(F)F)CC1. The number of nitrogens with zero attached hydrogens (tertiary/aromatic N) is 4. The summed E-state index contributed by atoms with van der Waals surface area (Å²) in [4.78, 5) is 17.4. The van der Waals surface area contributed by atoms with Crippen LogP contribution in [0.15, 0.2) is 30.3 Å². The maximum atomic E-state index is 12.5. The third kappa shape index (κ3) is 6.24. The van der Waals surface area contributed by atoms with Gasteiger partial charge in [0.15, 0.2) is 0 Å². The molecule has 1 aliphatic heterocycles. The van der Waals surface area contributed by atoms with Crippen LogP contribution in [0, 0.1) is 12.3 Å². The number of alkyl halides is 3. The van der Waals surface area contributed by atoms with Crippen LogP contribution < -0.4 is 4.72 Å². The summed E-state index contributed by atoms with van der Waals surface area (Å²) < 4.78 is 67.4. The van der Waals surface area contributed by atoms with Crippen LogP contribution in [0.5, 0.6) is 0 Å². The Balaban J connectivity index is 1.95. The highest BCUT2D eigenvalue weighted by atomic mass is 32.2. The summed E-state index contributed by atoms with van der Waals surface area (Å²) in [6.45, 7) is 0.0287. The maximum Gasteiger partial charge on any atom is 0.471 e. The van der Waals surface area contributed by atoms with Gasteiger partial charge in [-0.15, -0.1) is 6.42 Å². The first kappa shape index (κ1) is 21.7. The van der Waals surface area contributed by atoms with Crippen LogP contribution in [-0.2, 0) is 14.8 Å². The van der Waals surface area contributed by atoms with Gasteiger partial charge in [-0.25, -0.2) is 13.4 Å². The normalized spacial score (nSPS) is 16.3. The number of amides is 1. The van der Waals surface area contributed by atoms with Gasteiger partial charge in [-0.05, 0) is 6.08 Å². The van der Waals surface area contributed by atoms with Gasteiger partial charge in [0.05, 0.1) is 5.75 Å². The molecule has 1 N–H and O–H groups in total. The molecule has 0 atom stereocenters. The fourth-order valence-corrected chi connectivity index (χ4v) is 3.94. The van der Waals surface area contributed by atoms with Crippen molar-refractivity contribution in [3.05, 3.63) is 30.3 Å². The van der Waals surface area contributed by atoms with Crippen molar-refractivity contribution in [2.24, 2.45) is 0 Å². The monoisotopic (exact) mass is 435 g/mol. The maximum absolute atomic E-state index is 12.5. The molecular formula is C15H16F3N5O3S2. The van der Waals surface area contributed by atoms with Crippen LogP contribution in [0.1, 0.15) is 0 Å². The molecule has 1 aliphatic rings. The van der Waals surface area contributed by atoms with Gasteiger partial charge in [-0.2, -0.15) is 17.5 Å². The van der Waals surface area contributed by atoms with Gasteiger partial charge in [0.25, 0.3) is 0 Å². The van der Waals surface area contributed by atoms with E-state index < -0.39 is 22.1 Å². The molecule has 0 saturated carbocycles. The van der Waals surface area contributed by atoms with E-state index in [9.17, 15) is 26.4 Å². The molecule has 0 aliphatic carbocycles. The lowest BCUT2D eigenvalue weighted by Crippen LogP contribution is -2.51. The van der Waals surface area contributed by atoms with E-state index in [0.717, 1.165) is 16.4 Å². The predicted octanol–water partition coefficient (Wildman–Crippen LogP) is 1.06. The lowest BCUT2D eigenvalue weighted by atomic mass is 10.2. The van der Waals surface area contributed by atoms with Gasteiger partial charge in [-0.3, -0.25) is 9.52 Å². The van der Waals surface area contributed by atoms with Crippen LogP contribution >= 0.6 is 11.5 Å². The lowest BCUT2D eigenvalue weighted by molar-refractivity contribution is -0.186.